The number of nitrogens with one attached hydrogen (secondary N) is 1. The summed E-state index contributed by atoms with van der Waals surface area (Å²) in [6.45, 7) is 2.53. The van der Waals surface area contributed by atoms with Crippen molar-refractivity contribution in [1.29, 1.82) is 0 Å². The Hall–Kier alpha value is -3.22. The molecule has 0 spiro atoms. The summed E-state index contributed by atoms with van der Waals surface area (Å²) in [5.74, 6) is 1.27. The minimum Gasteiger partial charge on any atom is -0.497 e. The first-order valence-electron chi connectivity index (χ1n) is 10.3. The Kier molecular flexibility index (Phi) is 6.07. The van der Waals surface area contributed by atoms with Gasteiger partial charge < -0.3 is 19.7 Å². The Morgan fingerprint density at radius 1 is 1.17 bits per heavy atom. The Morgan fingerprint density at radius 2 is 2.03 bits per heavy atom. The summed E-state index contributed by atoms with van der Waals surface area (Å²) in [5.41, 5.74) is 1.77. The van der Waals surface area contributed by atoms with E-state index in [1.54, 1.807) is 16.9 Å². The molecule has 0 saturated carbocycles. The highest BCUT2D eigenvalue weighted by atomic mass is 16.5. The van der Waals surface area contributed by atoms with Gasteiger partial charge in [-0.1, -0.05) is 24.3 Å². The lowest BCUT2D eigenvalue weighted by Crippen LogP contribution is -2.52. The molecule has 1 unspecified atom stereocenters. The molecule has 2 aliphatic rings. The van der Waals surface area contributed by atoms with Crippen molar-refractivity contribution in [2.75, 3.05) is 38.3 Å². The van der Waals surface area contributed by atoms with E-state index in [4.69, 9.17) is 9.47 Å². The first-order chi connectivity index (χ1) is 14.7. The predicted molar refractivity (Wildman–Crippen MR) is 114 cm³/mol. The molecule has 4 rings (SSSR count). The zero-order chi connectivity index (χ0) is 20.9. The third-order valence-electron chi connectivity index (χ3n) is 5.62. The van der Waals surface area contributed by atoms with E-state index < -0.39 is 0 Å². The van der Waals surface area contributed by atoms with Crippen molar-refractivity contribution in [2.24, 2.45) is 5.92 Å². The van der Waals surface area contributed by atoms with Crippen LogP contribution in [0.5, 0.6) is 11.5 Å². The Balaban J connectivity index is 1.37. The van der Waals surface area contributed by atoms with Crippen molar-refractivity contribution in [3.63, 3.8) is 0 Å². The second-order valence-electron chi connectivity index (χ2n) is 7.60. The SMILES string of the molecule is COc1cccc(CNC(=O)C2CCCN(C(=O)N3CCOc4ccccc43)C2)c1. The molecule has 1 atom stereocenters. The zero-order valence-electron chi connectivity index (χ0n) is 17.2. The molecule has 7 nitrogen and oxygen atoms in total. The number of amides is 3. The van der Waals surface area contributed by atoms with Gasteiger partial charge in [-0.3, -0.25) is 9.69 Å². The average molecular weight is 409 g/mol. The number of methoxy groups -OCH3 is 1. The number of fused-ring (bicyclic) bond motifs is 1. The van der Waals surface area contributed by atoms with Crippen LogP contribution >= 0.6 is 0 Å². The normalized spacial score (nSPS) is 18.2. The van der Waals surface area contributed by atoms with E-state index in [9.17, 15) is 9.59 Å². The van der Waals surface area contributed by atoms with E-state index in [0.717, 1.165) is 35.6 Å². The Bertz CT molecular complexity index is 917. The molecule has 30 heavy (non-hydrogen) atoms. The molecule has 1 N–H and O–H groups in total. The second kappa shape index (κ2) is 9.07. The van der Waals surface area contributed by atoms with Crippen LogP contribution in [0.4, 0.5) is 10.5 Å². The van der Waals surface area contributed by atoms with Gasteiger partial charge >= 0.3 is 6.03 Å². The number of carbonyl (C=O) groups excluding carboxylic acids is 2. The van der Waals surface area contributed by atoms with Gasteiger partial charge in [0.25, 0.3) is 0 Å². The van der Waals surface area contributed by atoms with Crippen LogP contribution in [0.15, 0.2) is 48.5 Å². The average Bonchev–Trinajstić information content (AvgIpc) is 2.82. The van der Waals surface area contributed by atoms with E-state index >= 15 is 0 Å². The molecular formula is C23H27N3O4. The summed E-state index contributed by atoms with van der Waals surface area (Å²) in [7, 11) is 1.62. The quantitative estimate of drug-likeness (QED) is 0.843. The van der Waals surface area contributed by atoms with Crippen molar-refractivity contribution in [2.45, 2.75) is 19.4 Å². The highest BCUT2D eigenvalue weighted by Crippen LogP contribution is 2.32. The first-order valence-corrected chi connectivity index (χ1v) is 10.3. The van der Waals surface area contributed by atoms with Crippen LogP contribution in [0.2, 0.25) is 0 Å². The molecule has 0 aliphatic carbocycles. The minimum atomic E-state index is -0.204. The lowest BCUT2D eigenvalue weighted by Gasteiger charge is -2.37. The van der Waals surface area contributed by atoms with Crippen molar-refractivity contribution in [3.8, 4) is 11.5 Å². The highest BCUT2D eigenvalue weighted by Gasteiger charge is 2.33. The number of carbonyl (C=O) groups is 2. The van der Waals surface area contributed by atoms with Gasteiger partial charge in [-0.15, -0.1) is 0 Å². The summed E-state index contributed by atoms with van der Waals surface area (Å²) >= 11 is 0. The highest BCUT2D eigenvalue weighted by molar-refractivity contribution is 5.94. The minimum absolute atomic E-state index is 0.0160. The fourth-order valence-electron chi connectivity index (χ4n) is 4.02. The van der Waals surface area contributed by atoms with Crippen molar-refractivity contribution < 1.29 is 19.1 Å². The van der Waals surface area contributed by atoms with Gasteiger partial charge in [-0.2, -0.15) is 0 Å². The Labute approximate surface area is 176 Å². The van der Waals surface area contributed by atoms with Crippen molar-refractivity contribution >= 4 is 17.6 Å². The number of benzene rings is 2. The summed E-state index contributed by atoms with van der Waals surface area (Å²) in [6.07, 6.45) is 1.60. The van der Waals surface area contributed by atoms with Crippen LogP contribution in [0.25, 0.3) is 0 Å². The number of hydrogen-bond donors (Lipinski definition) is 1. The lowest BCUT2D eigenvalue weighted by molar-refractivity contribution is -0.126. The topological polar surface area (TPSA) is 71.1 Å². The van der Waals surface area contributed by atoms with Gasteiger partial charge in [0.1, 0.15) is 18.1 Å². The van der Waals surface area contributed by atoms with Crippen molar-refractivity contribution in [3.05, 3.63) is 54.1 Å². The van der Waals surface area contributed by atoms with Gasteiger partial charge in [-0.05, 0) is 42.7 Å². The molecule has 3 amide bonds. The zero-order valence-corrected chi connectivity index (χ0v) is 17.2. The third kappa shape index (κ3) is 4.35. The van der Waals surface area contributed by atoms with E-state index in [-0.39, 0.29) is 17.9 Å². The second-order valence-corrected chi connectivity index (χ2v) is 7.60. The maximum absolute atomic E-state index is 13.2. The number of hydrogen-bond acceptors (Lipinski definition) is 4. The largest absolute Gasteiger partial charge is 0.497 e. The molecule has 7 heteroatoms. The van der Waals surface area contributed by atoms with Gasteiger partial charge in [-0.25, -0.2) is 4.79 Å². The van der Waals surface area contributed by atoms with Crippen LogP contribution in [0.3, 0.4) is 0 Å². The number of likely N-dealkylation sites (tertiary alicyclic amines) is 1. The number of nitrogens with zero attached hydrogens (tertiary/aromatic N) is 2. The maximum Gasteiger partial charge on any atom is 0.324 e. The van der Waals surface area contributed by atoms with Crippen LogP contribution in [-0.4, -0.2) is 50.2 Å². The fraction of sp³-hybridized carbons (Fsp3) is 0.391. The molecule has 0 aromatic heterocycles. The molecule has 2 aliphatic heterocycles. The Morgan fingerprint density at radius 3 is 2.90 bits per heavy atom. The molecule has 2 aromatic carbocycles. The van der Waals surface area contributed by atoms with Crippen LogP contribution in [0, 0.1) is 5.92 Å². The van der Waals surface area contributed by atoms with E-state index in [1.807, 2.05) is 48.5 Å². The smallest absolute Gasteiger partial charge is 0.324 e. The summed E-state index contributed by atoms with van der Waals surface area (Å²) in [5, 5.41) is 3.01. The van der Waals surface area contributed by atoms with Crippen LogP contribution < -0.4 is 19.7 Å². The van der Waals surface area contributed by atoms with Gasteiger partial charge in [0.2, 0.25) is 5.91 Å². The number of urea groups is 1. The van der Waals surface area contributed by atoms with E-state index in [0.29, 0.717) is 32.8 Å². The molecule has 1 fully saturated rings. The number of ether oxygens (including phenoxy) is 2. The molecular weight excluding hydrogens is 382 g/mol. The van der Waals surface area contributed by atoms with Crippen molar-refractivity contribution in [1.82, 2.24) is 10.2 Å². The molecule has 2 heterocycles. The lowest BCUT2D eigenvalue weighted by atomic mass is 9.97. The predicted octanol–water partition coefficient (Wildman–Crippen LogP) is 3.04. The molecule has 0 radical (unpaired) electrons. The molecule has 0 bridgehead atoms. The number of anilines is 1. The van der Waals surface area contributed by atoms with Crippen LogP contribution in [-0.2, 0) is 11.3 Å². The summed E-state index contributed by atoms with van der Waals surface area (Å²) in [6, 6.07) is 15.2. The number of para-hydroxylation sites is 2. The first kappa shape index (κ1) is 20.1. The fourth-order valence-corrected chi connectivity index (χ4v) is 4.02. The standard InChI is InChI=1S/C23H27N3O4/c1-29-19-8-4-6-17(14-19)15-24-22(27)18-7-5-11-25(16-18)23(28)26-12-13-30-21-10-3-2-9-20(21)26/h2-4,6,8-10,14,18H,5,7,11-13,15-16H2,1H3,(H,24,27). The number of piperidine rings is 1. The van der Waals surface area contributed by atoms with E-state index in [1.165, 1.54) is 0 Å². The van der Waals surface area contributed by atoms with Gasteiger partial charge in [0.05, 0.1) is 25.3 Å². The third-order valence-corrected chi connectivity index (χ3v) is 5.62. The number of rotatable bonds is 4. The molecule has 1 saturated heterocycles. The van der Waals surface area contributed by atoms with Gasteiger partial charge in [0.15, 0.2) is 0 Å². The van der Waals surface area contributed by atoms with Gasteiger partial charge in [0, 0.05) is 19.6 Å². The monoisotopic (exact) mass is 409 g/mol. The van der Waals surface area contributed by atoms with Crippen LogP contribution in [0.1, 0.15) is 18.4 Å². The summed E-state index contributed by atoms with van der Waals surface area (Å²) < 4.78 is 10.9. The van der Waals surface area contributed by atoms with E-state index in [2.05, 4.69) is 5.32 Å². The summed E-state index contributed by atoms with van der Waals surface area (Å²) in [4.78, 5) is 29.5. The molecule has 2 aromatic rings. The molecule has 158 valence electrons. The maximum atomic E-state index is 13.2.